The second kappa shape index (κ2) is 4.88. The van der Waals surface area contributed by atoms with Gasteiger partial charge in [0.25, 0.3) is 0 Å². The van der Waals surface area contributed by atoms with E-state index >= 15 is 0 Å². The molecule has 0 radical (unpaired) electrons. The van der Waals surface area contributed by atoms with E-state index in [0.29, 0.717) is 17.9 Å². The molecule has 1 aromatic carbocycles. The van der Waals surface area contributed by atoms with Gasteiger partial charge < -0.3 is 9.84 Å². The molecule has 2 aromatic rings. The third-order valence-electron chi connectivity index (χ3n) is 3.38. The minimum atomic E-state index is -1.03. The number of aromatic carboxylic acids is 1. The van der Waals surface area contributed by atoms with E-state index in [-0.39, 0.29) is 5.69 Å². The van der Waals surface area contributed by atoms with Crippen LogP contribution in [0, 0.1) is 5.92 Å². The number of carbonyl (C=O) groups is 1. The standard InChI is InChI=1S/C15H15NO3/c17-15(18)13-9-14(19-8-7-10-5-6-10)11-3-1-2-4-12(11)16-13/h1-4,9-10H,5-8H2,(H,17,18). The molecule has 1 fully saturated rings. The molecule has 4 heteroatoms. The van der Waals surface area contributed by atoms with E-state index in [9.17, 15) is 4.79 Å². The van der Waals surface area contributed by atoms with E-state index in [4.69, 9.17) is 9.84 Å². The summed E-state index contributed by atoms with van der Waals surface area (Å²) in [4.78, 5) is 15.2. The van der Waals surface area contributed by atoms with Crippen molar-refractivity contribution in [3.05, 3.63) is 36.0 Å². The number of nitrogens with zero attached hydrogens (tertiary/aromatic N) is 1. The first-order valence-electron chi connectivity index (χ1n) is 6.50. The van der Waals surface area contributed by atoms with E-state index in [0.717, 1.165) is 17.7 Å². The van der Waals surface area contributed by atoms with Crippen molar-refractivity contribution in [2.24, 2.45) is 5.92 Å². The van der Waals surface area contributed by atoms with Gasteiger partial charge in [-0.1, -0.05) is 25.0 Å². The van der Waals surface area contributed by atoms with Crippen molar-refractivity contribution in [1.82, 2.24) is 4.98 Å². The summed E-state index contributed by atoms with van der Waals surface area (Å²) in [5, 5.41) is 9.94. The molecule has 0 saturated heterocycles. The molecule has 0 aliphatic heterocycles. The van der Waals surface area contributed by atoms with Gasteiger partial charge in [-0.2, -0.15) is 0 Å². The highest BCUT2D eigenvalue weighted by Crippen LogP contribution is 2.33. The summed E-state index contributed by atoms with van der Waals surface area (Å²) in [5.41, 5.74) is 0.684. The zero-order valence-electron chi connectivity index (χ0n) is 10.5. The summed E-state index contributed by atoms with van der Waals surface area (Å²) >= 11 is 0. The topological polar surface area (TPSA) is 59.4 Å². The Hall–Kier alpha value is -2.10. The van der Waals surface area contributed by atoms with Gasteiger partial charge in [-0.15, -0.1) is 0 Å². The minimum Gasteiger partial charge on any atom is -0.493 e. The van der Waals surface area contributed by atoms with Gasteiger partial charge in [-0.05, 0) is 24.5 Å². The molecule has 0 bridgehead atoms. The Morgan fingerprint density at radius 2 is 2.16 bits per heavy atom. The summed E-state index contributed by atoms with van der Waals surface area (Å²) in [5.74, 6) is 0.383. The molecule has 0 amide bonds. The number of pyridine rings is 1. The highest BCUT2D eigenvalue weighted by Gasteiger charge is 2.21. The monoisotopic (exact) mass is 257 g/mol. The van der Waals surface area contributed by atoms with E-state index in [2.05, 4.69) is 4.98 Å². The number of carboxylic acids is 1. The molecule has 19 heavy (non-hydrogen) atoms. The summed E-state index contributed by atoms with van der Waals surface area (Å²) in [6.45, 7) is 0.637. The lowest BCUT2D eigenvalue weighted by Crippen LogP contribution is -2.04. The fourth-order valence-electron chi connectivity index (χ4n) is 2.11. The van der Waals surface area contributed by atoms with Crippen LogP contribution in [0.2, 0.25) is 0 Å². The fourth-order valence-corrected chi connectivity index (χ4v) is 2.11. The normalized spacial score (nSPS) is 14.5. The summed E-state index contributed by atoms with van der Waals surface area (Å²) in [7, 11) is 0. The molecule has 1 N–H and O–H groups in total. The van der Waals surface area contributed by atoms with Crippen LogP contribution in [0.15, 0.2) is 30.3 Å². The SMILES string of the molecule is O=C(O)c1cc(OCCC2CC2)c2ccccc2n1. The van der Waals surface area contributed by atoms with Crippen molar-refractivity contribution in [3.63, 3.8) is 0 Å². The van der Waals surface area contributed by atoms with Gasteiger partial charge >= 0.3 is 5.97 Å². The van der Waals surface area contributed by atoms with Crippen molar-refractivity contribution < 1.29 is 14.6 Å². The second-order valence-corrected chi connectivity index (χ2v) is 4.91. The van der Waals surface area contributed by atoms with Crippen LogP contribution in [0.3, 0.4) is 0 Å². The molecule has 98 valence electrons. The first-order chi connectivity index (χ1) is 9.24. The molecule has 1 aliphatic carbocycles. The molecular formula is C15H15NO3. The molecule has 1 heterocycles. The number of benzene rings is 1. The van der Waals surface area contributed by atoms with Gasteiger partial charge in [0.15, 0.2) is 5.69 Å². The molecule has 1 aliphatic rings. The molecule has 0 atom stereocenters. The van der Waals surface area contributed by atoms with Gasteiger partial charge in [-0.25, -0.2) is 9.78 Å². The largest absolute Gasteiger partial charge is 0.493 e. The van der Waals surface area contributed by atoms with E-state index in [1.165, 1.54) is 18.9 Å². The Morgan fingerprint density at radius 1 is 1.37 bits per heavy atom. The first kappa shape index (κ1) is 12.0. The van der Waals surface area contributed by atoms with Crippen molar-refractivity contribution in [2.45, 2.75) is 19.3 Å². The Labute approximate surface area is 111 Å². The second-order valence-electron chi connectivity index (χ2n) is 4.91. The smallest absolute Gasteiger partial charge is 0.354 e. The summed E-state index contributed by atoms with van der Waals surface area (Å²) < 4.78 is 5.76. The van der Waals surface area contributed by atoms with Gasteiger partial charge in [0.05, 0.1) is 12.1 Å². The predicted octanol–water partition coefficient (Wildman–Crippen LogP) is 3.11. The average molecular weight is 257 g/mol. The number of ether oxygens (including phenoxy) is 1. The number of fused-ring (bicyclic) bond motifs is 1. The van der Waals surface area contributed by atoms with Crippen LogP contribution >= 0.6 is 0 Å². The maximum absolute atomic E-state index is 11.1. The Bertz CT molecular complexity index is 620. The first-order valence-corrected chi connectivity index (χ1v) is 6.50. The zero-order valence-corrected chi connectivity index (χ0v) is 10.5. The number of para-hydroxylation sites is 1. The Kier molecular flexibility index (Phi) is 3.07. The summed E-state index contributed by atoms with van der Waals surface area (Å²) in [6, 6.07) is 8.96. The molecule has 1 aromatic heterocycles. The lowest BCUT2D eigenvalue weighted by molar-refractivity contribution is 0.0690. The highest BCUT2D eigenvalue weighted by atomic mass is 16.5. The predicted molar refractivity (Wildman–Crippen MR) is 71.5 cm³/mol. The van der Waals surface area contributed by atoms with Crippen molar-refractivity contribution in [3.8, 4) is 5.75 Å². The molecular weight excluding hydrogens is 242 g/mol. The number of hydrogen-bond acceptors (Lipinski definition) is 3. The Balaban J connectivity index is 1.91. The summed E-state index contributed by atoms with van der Waals surface area (Å²) in [6.07, 6.45) is 3.63. The molecule has 4 nitrogen and oxygen atoms in total. The highest BCUT2D eigenvalue weighted by molar-refractivity contribution is 5.93. The number of carboxylic acid groups (broad SMARTS) is 1. The number of hydrogen-bond donors (Lipinski definition) is 1. The quantitative estimate of drug-likeness (QED) is 0.894. The van der Waals surface area contributed by atoms with E-state index < -0.39 is 5.97 Å². The Morgan fingerprint density at radius 3 is 2.89 bits per heavy atom. The van der Waals surface area contributed by atoms with Gasteiger partial charge in [0.1, 0.15) is 5.75 Å². The van der Waals surface area contributed by atoms with E-state index in [1.54, 1.807) is 6.07 Å². The van der Waals surface area contributed by atoms with Gasteiger partial charge in [-0.3, -0.25) is 0 Å². The number of rotatable bonds is 5. The molecule has 0 spiro atoms. The molecule has 1 saturated carbocycles. The van der Waals surface area contributed by atoms with Crippen molar-refractivity contribution in [2.75, 3.05) is 6.61 Å². The lowest BCUT2D eigenvalue weighted by atomic mass is 10.2. The third-order valence-corrected chi connectivity index (χ3v) is 3.38. The number of aromatic nitrogens is 1. The van der Waals surface area contributed by atoms with Crippen LogP contribution in [0.1, 0.15) is 29.8 Å². The zero-order chi connectivity index (χ0) is 13.2. The molecule has 3 rings (SSSR count). The van der Waals surface area contributed by atoms with E-state index in [1.807, 2.05) is 18.2 Å². The maximum Gasteiger partial charge on any atom is 0.354 e. The lowest BCUT2D eigenvalue weighted by Gasteiger charge is -2.09. The van der Waals surface area contributed by atoms with Crippen LogP contribution in [-0.4, -0.2) is 22.7 Å². The molecule has 0 unspecified atom stereocenters. The third kappa shape index (κ3) is 2.67. The fraction of sp³-hybridized carbons (Fsp3) is 0.333. The van der Waals surface area contributed by atoms with Gasteiger partial charge in [0.2, 0.25) is 0 Å². The van der Waals surface area contributed by atoms with Crippen LogP contribution in [0.25, 0.3) is 10.9 Å². The van der Waals surface area contributed by atoms with Crippen LogP contribution in [0.4, 0.5) is 0 Å². The maximum atomic E-state index is 11.1. The van der Waals surface area contributed by atoms with Crippen LogP contribution < -0.4 is 4.74 Å². The van der Waals surface area contributed by atoms with Gasteiger partial charge in [0, 0.05) is 11.5 Å². The average Bonchev–Trinajstić information content (AvgIpc) is 3.22. The minimum absolute atomic E-state index is 0.0279. The van der Waals surface area contributed by atoms with Crippen LogP contribution in [0.5, 0.6) is 5.75 Å². The van der Waals surface area contributed by atoms with Crippen molar-refractivity contribution >= 4 is 16.9 Å². The van der Waals surface area contributed by atoms with Crippen LogP contribution in [-0.2, 0) is 0 Å². The van der Waals surface area contributed by atoms with Crippen molar-refractivity contribution in [1.29, 1.82) is 0 Å².